The maximum atomic E-state index is 14.7. The highest BCUT2D eigenvalue weighted by molar-refractivity contribution is 6.33. The summed E-state index contributed by atoms with van der Waals surface area (Å²) in [4.78, 5) is 23.0. The number of rotatable bonds is 6. The molecule has 1 aromatic heterocycles. The second-order valence-electron chi connectivity index (χ2n) is 8.64. The number of aromatic nitrogens is 2. The van der Waals surface area contributed by atoms with Crippen LogP contribution in [0.5, 0.6) is 5.88 Å². The Labute approximate surface area is 207 Å². The summed E-state index contributed by atoms with van der Waals surface area (Å²) in [6.45, 7) is 4.17. The molecule has 0 unspecified atom stereocenters. The summed E-state index contributed by atoms with van der Waals surface area (Å²) in [5.41, 5.74) is 7.61. The first kappa shape index (κ1) is 24.8. The van der Waals surface area contributed by atoms with Crippen LogP contribution in [0.3, 0.4) is 0 Å². The van der Waals surface area contributed by atoms with Crippen molar-refractivity contribution < 1.29 is 18.3 Å². The summed E-state index contributed by atoms with van der Waals surface area (Å²) in [6.07, 6.45) is 2.20. The van der Waals surface area contributed by atoms with Gasteiger partial charge in [-0.15, -0.1) is 0 Å². The highest BCUT2D eigenvalue weighted by Gasteiger charge is 2.27. The lowest BCUT2D eigenvalue weighted by atomic mass is 9.87. The summed E-state index contributed by atoms with van der Waals surface area (Å²) >= 11 is 6.05. The van der Waals surface area contributed by atoms with Crippen molar-refractivity contribution in [1.29, 1.82) is 0 Å². The lowest BCUT2D eigenvalue weighted by Gasteiger charge is -2.30. The Morgan fingerprint density at radius 2 is 1.86 bits per heavy atom. The zero-order valence-electron chi connectivity index (χ0n) is 19.7. The number of carbonyl (C=O) groups excluding carboxylic acids is 1. The van der Waals surface area contributed by atoms with Crippen LogP contribution in [0.15, 0.2) is 30.3 Å². The largest absolute Gasteiger partial charge is 0.480 e. The van der Waals surface area contributed by atoms with Crippen molar-refractivity contribution in [1.82, 2.24) is 14.9 Å². The van der Waals surface area contributed by atoms with Gasteiger partial charge in [-0.25, -0.2) is 13.8 Å². The number of ether oxygens (including phenoxy) is 1. The van der Waals surface area contributed by atoms with Crippen LogP contribution in [0.4, 0.5) is 20.4 Å². The van der Waals surface area contributed by atoms with E-state index >= 15 is 0 Å². The van der Waals surface area contributed by atoms with Crippen LogP contribution in [-0.4, -0.2) is 48.0 Å². The van der Waals surface area contributed by atoms with Gasteiger partial charge in [-0.1, -0.05) is 17.7 Å². The number of benzene rings is 2. The minimum absolute atomic E-state index is 0.00743. The molecule has 0 aliphatic carbocycles. The van der Waals surface area contributed by atoms with Crippen molar-refractivity contribution >= 4 is 29.1 Å². The maximum Gasteiger partial charge on any atom is 0.256 e. The quantitative estimate of drug-likeness (QED) is 0.459. The topological polar surface area (TPSA) is 93.4 Å². The van der Waals surface area contributed by atoms with E-state index in [1.54, 1.807) is 0 Å². The normalized spacial score (nSPS) is 14.7. The molecule has 1 aliphatic heterocycles. The van der Waals surface area contributed by atoms with Crippen LogP contribution in [0.2, 0.25) is 5.02 Å². The van der Waals surface area contributed by atoms with E-state index in [0.717, 1.165) is 43.6 Å². The van der Waals surface area contributed by atoms with Crippen LogP contribution < -0.4 is 15.8 Å². The lowest BCUT2D eigenvalue weighted by Crippen LogP contribution is -2.29. The number of hydrogen-bond donors (Lipinski definition) is 2. The van der Waals surface area contributed by atoms with Gasteiger partial charge in [0.05, 0.1) is 23.4 Å². The summed E-state index contributed by atoms with van der Waals surface area (Å²) in [7, 11) is 3.41. The van der Waals surface area contributed by atoms with Gasteiger partial charge in [-0.2, -0.15) is 4.98 Å². The van der Waals surface area contributed by atoms with Crippen LogP contribution in [0.1, 0.15) is 40.2 Å². The molecule has 1 amide bonds. The fourth-order valence-corrected chi connectivity index (χ4v) is 4.69. The average Bonchev–Trinajstić information content (AvgIpc) is 2.82. The Morgan fingerprint density at radius 1 is 1.17 bits per heavy atom. The summed E-state index contributed by atoms with van der Waals surface area (Å²) < 4.78 is 34.1. The number of nitrogens with one attached hydrogen (secondary N) is 1. The summed E-state index contributed by atoms with van der Waals surface area (Å²) in [5, 5.41) is 2.53. The zero-order valence-corrected chi connectivity index (χ0v) is 20.4. The van der Waals surface area contributed by atoms with E-state index in [-0.39, 0.29) is 23.1 Å². The van der Waals surface area contributed by atoms with E-state index in [4.69, 9.17) is 22.1 Å². The molecular weight excluding hydrogens is 476 g/mol. The number of likely N-dealkylation sites (tertiary alicyclic amines) is 1. The molecule has 35 heavy (non-hydrogen) atoms. The number of carbonyl (C=O) groups is 1. The number of aryl methyl sites for hydroxylation is 1. The number of nitrogens with zero attached hydrogens (tertiary/aromatic N) is 3. The molecule has 184 valence electrons. The predicted octanol–water partition coefficient (Wildman–Crippen LogP) is 5.04. The molecule has 0 spiro atoms. The fraction of sp³-hybridized carbons (Fsp3) is 0.320. The molecule has 0 bridgehead atoms. The zero-order chi connectivity index (χ0) is 25.3. The van der Waals surface area contributed by atoms with E-state index < -0.39 is 28.1 Å². The minimum atomic E-state index is -0.971. The van der Waals surface area contributed by atoms with Crippen molar-refractivity contribution in [2.24, 2.45) is 5.73 Å². The first-order valence-electron chi connectivity index (χ1n) is 11.2. The van der Waals surface area contributed by atoms with Crippen LogP contribution in [0, 0.1) is 18.6 Å². The number of primary amides is 1. The molecule has 3 N–H and O–H groups in total. The van der Waals surface area contributed by atoms with E-state index in [0.29, 0.717) is 11.6 Å². The molecule has 0 radical (unpaired) electrons. The first-order valence-corrected chi connectivity index (χ1v) is 11.5. The van der Waals surface area contributed by atoms with Gasteiger partial charge in [0.25, 0.3) is 5.91 Å². The Hall–Kier alpha value is -3.30. The Balaban J connectivity index is 1.74. The van der Waals surface area contributed by atoms with Crippen LogP contribution in [0.25, 0.3) is 11.3 Å². The molecule has 3 aromatic rings. The number of methoxy groups -OCH3 is 1. The Bertz CT molecular complexity index is 1280. The first-order chi connectivity index (χ1) is 16.7. The number of anilines is 2. The van der Waals surface area contributed by atoms with Gasteiger partial charge in [0.15, 0.2) is 0 Å². The van der Waals surface area contributed by atoms with Crippen molar-refractivity contribution in [3.05, 3.63) is 63.7 Å². The molecule has 0 saturated carbocycles. The number of nitrogens with two attached hydrogens (primary N) is 1. The third-order valence-electron chi connectivity index (χ3n) is 6.28. The van der Waals surface area contributed by atoms with Crippen LogP contribution in [-0.2, 0) is 0 Å². The predicted molar refractivity (Wildman–Crippen MR) is 131 cm³/mol. The molecule has 1 aliphatic rings. The van der Waals surface area contributed by atoms with E-state index in [1.165, 1.54) is 12.7 Å². The maximum absolute atomic E-state index is 14.7. The smallest absolute Gasteiger partial charge is 0.256 e. The van der Waals surface area contributed by atoms with Gasteiger partial charge in [-0.3, -0.25) is 4.79 Å². The van der Waals surface area contributed by atoms with Gasteiger partial charge >= 0.3 is 0 Å². The van der Waals surface area contributed by atoms with Crippen molar-refractivity contribution in [3.63, 3.8) is 0 Å². The SMILES string of the molecule is COc1nc(Nc2ccc(C3CCN(C)CC3)c(C)c2)nc(-c2c(F)ccc(F)c2Cl)c1C(N)=O. The van der Waals surface area contributed by atoms with Crippen molar-refractivity contribution in [3.8, 4) is 17.1 Å². The number of piperidine rings is 1. The third-order valence-corrected chi connectivity index (χ3v) is 6.65. The molecule has 10 heteroatoms. The van der Waals surface area contributed by atoms with Gasteiger partial charge in [0.2, 0.25) is 11.8 Å². The van der Waals surface area contributed by atoms with E-state index in [9.17, 15) is 13.6 Å². The van der Waals surface area contributed by atoms with Crippen LogP contribution >= 0.6 is 11.6 Å². The van der Waals surface area contributed by atoms with Gasteiger partial charge in [0, 0.05) is 5.69 Å². The molecule has 1 fully saturated rings. The van der Waals surface area contributed by atoms with Gasteiger partial charge in [-0.05, 0) is 81.2 Å². The van der Waals surface area contributed by atoms with Gasteiger partial charge < -0.3 is 20.7 Å². The third kappa shape index (κ3) is 5.06. The molecule has 7 nitrogen and oxygen atoms in total. The molecular formula is C25H26ClF2N5O2. The summed E-state index contributed by atoms with van der Waals surface area (Å²) in [5.74, 6) is -2.40. The minimum Gasteiger partial charge on any atom is -0.480 e. The fourth-order valence-electron chi connectivity index (χ4n) is 4.45. The molecule has 4 rings (SSSR count). The molecule has 2 aromatic carbocycles. The Morgan fingerprint density at radius 3 is 2.49 bits per heavy atom. The standard InChI is InChI=1S/C25H26ClF2N5O2/c1-13-12-15(4-5-16(13)14-8-10-33(2)11-9-14)30-25-31-22(20(23(29)34)24(32-25)35-3)19-17(27)6-7-18(28)21(19)26/h4-7,12,14H,8-11H2,1-3H3,(H2,29,34)(H,30,31,32). The second-order valence-corrected chi connectivity index (χ2v) is 9.01. The highest BCUT2D eigenvalue weighted by Crippen LogP contribution is 2.37. The Kier molecular flexibility index (Phi) is 7.18. The lowest BCUT2D eigenvalue weighted by molar-refractivity contribution is 0.0997. The highest BCUT2D eigenvalue weighted by atomic mass is 35.5. The van der Waals surface area contributed by atoms with E-state index in [1.807, 2.05) is 19.1 Å². The number of halogens is 3. The number of amides is 1. The van der Waals surface area contributed by atoms with Crippen molar-refractivity contribution in [2.45, 2.75) is 25.7 Å². The summed E-state index contributed by atoms with van der Waals surface area (Å²) in [6, 6.07) is 7.74. The number of hydrogen-bond acceptors (Lipinski definition) is 6. The second kappa shape index (κ2) is 10.1. The monoisotopic (exact) mass is 501 g/mol. The molecule has 2 heterocycles. The van der Waals surface area contributed by atoms with Crippen molar-refractivity contribution in [2.75, 3.05) is 32.6 Å². The molecule has 0 atom stereocenters. The van der Waals surface area contributed by atoms with E-state index in [2.05, 4.69) is 33.3 Å². The molecule has 1 saturated heterocycles. The van der Waals surface area contributed by atoms with Gasteiger partial charge in [0.1, 0.15) is 17.2 Å². The average molecular weight is 502 g/mol.